The smallest absolute Gasteiger partial charge is 0.267 e. The number of carbonyl (C=O) groups is 1. The first kappa shape index (κ1) is 19.5. The van der Waals surface area contributed by atoms with E-state index in [1.54, 1.807) is 35.9 Å². The number of carbonyl (C=O) groups excluding carboxylic acids is 1. The SMILES string of the molecule is Cc1nn(-c2ccccc2)c(Cl)c1/C=N/NC(=O)c1nn(C)c(=O)c2ccccc12. The quantitative estimate of drug-likeness (QED) is 0.405. The van der Waals surface area contributed by atoms with E-state index in [1.165, 1.54) is 13.3 Å². The zero-order chi connectivity index (χ0) is 21.3. The number of nitrogens with one attached hydrogen (secondary N) is 1. The number of rotatable bonds is 4. The molecule has 2 aromatic carbocycles. The summed E-state index contributed by atoms with van der Waals surface area (Å²) < 4.78 is 2.73. The Kier molecular flexibility index (Phi) is 5.16. The lowest BCUT2D eigenvalue weighted by Gasteiger charge is -2.06. The topological polar surface area (TPSA) is 94.2 Å². The van der Waals surface area contributed by atoms with Crippen molar-refractivity contribution < 1.29 is 4.79 Å². The number of aryl methyl sites for hydroxylation is 2. The molecule has 0 aliphatic rings. The van der Waals surface area contributed by atoms with Crippen LogP contribution in [0, 0.1) is 6.92 Å². The van der Waals surface area contributed by atoms with Crippen molar-refractivity contribution in [2.75, 3.05) is 0 Å². The second kappa shape index (κ2) is 7.92. The van der Waals surface area contributed by atoms with Crippen LogP contribution in [0.2, 0.25) is 5.15 Å². The van der Waals surface area contributed by atoms with Crippen LogP contribution in [0.1, 0.15) is 21.7 Å². The number of para-hydroxylation sites is 1. The van der Waals surface area contributed by atoms with Crippen LogP contribution >= 0.6 is 11.6 Å². The van der Waals surface area contributed by atoms with Gasteiger partial charge in [-0.1, -0.05) is 48.0 Å². The number of nitrogens with zero attached hydrogens (tertiary/aromatic N) is 5. The summed E-state index contributed by atoms with van der Waals surface area (Å²) in [5, 5.41) is 13.8. The van der Waals surface area contributed by atoms with Crippen molar-refractivity contribution in [1.82, 2.24) is 25.0 Å². The van der Waals surface area contributed by atoms with Gasteiger partial charge in [-0.2, -0.15) is 15.3 Å². The van der Waals surface area contributed by atoms with E-state index in [0.29, 0.717) is 27.2 Å². The van der Waals surface area contributed by atoms with E-state index >= 15 is 0 Å². The molecule has 1 amide bonds. The van der Waals surface area contributed by atoms with Crippen LogP contribution in [0.25, 0.3) is 16.5 Å². The normalized spacial score (nSPS) is 11.3. The number of fused-ring (bicyclic) bond motifs is 1. The minimum absolute atomic E-state index is 0.104. The van der Waals surface area contributed by atoms with Crippen molar-refractivity contribution in [1.29, 1.82) is 0 Å². The zero-order valence-electron chi connectivity index (χ0n) is 16.2. The highest BCUT2D eigenvalue weighted by atomic mass is 35.5. The Bertz CT molecular complexity index is 1340. The van der Waals surface area contributed by atoms with Gasteiger partial charge in [-0.25, -0.2) is 14.8 Å². The van der Waals surface area contributed by atoms with Crippen molar-refractivity contribution in [2.45, 2.75) is 6.92 Å². The minimum atomic E-state index is -0.540. The van der Waals surface area contributed by atoms with Crippen LogP contribution in [0.15, 0.2) is 64.5 Å². The van der Waals surface area contributed by atoms with E-state index in [9.17, 15) is 9.59 Å². The number of aromatic nitrogens is 4. The lowest BCUT2D eigenvalue weighted by molar-refractivity contribution is 0.0950. The fourth-order valence-corrected chi connectivity index (χ4v) is 3.39. The molecule has 150 valence electrons. The van der Waals surface area contributed by atoms with Gasteiger partial charge in [-0.05, 0) is 25.1 Å². The summed E-state index contributed by atoms with van der Waals surface area (Å²) in [6.07, 6.45) is 1.44. The van der Waals surface area contributed by atoms with Crippen LogP contribution in [0.5, 0.6) is 0 Å². The standard InChI is InChI=1S/C21H17ClN6O2/c1-13-17(19(22)28(25-13)14-8-4-3-5-9-14)12-23-24-20(29)18-15-10-6-7-11-16(15)21(30)27(2)26-18/h3-12H,1-2H3,(H,24,29)/b23-12+. The molecule has 4 rings (SSSR count). The molecule has 1 N–H and O–H groups in total. The highest BCUT2D eigenvalue weighted by Gasteiger charge is 2.16. The maximum absolute atomic E-state index is 12.7. The maximum Gasteiger partial charge on any atom is 0.292 e. The molecular formula is C21H17ClN6O2. The van der Waals surface area contributed by atoms with Crippen LogP contribution in [-0.2, 0) is 7.05 Å². The first-order valence-electron chi connectivity index (χ1n) is 9.07. The van der Waals surface area contributed by atoms with Crippen molar-refractivity contribution in [2.24, 2.45) is 12.1 Å². The van der Waals surface area contributed by atoms with Gasteiger partial charge in [0.25, 0.3) is 11.5 Å². The Morgan fingerprint density at radius 2 is 1.73 bits per heavy atom. The highest BCUT2D eigenvalue weighted by Crippen LogP contribution is 2.22. The van der Waals surface area contributed by atoms with Gasteiger partial charge in [0.05, 0.1) is 28.5 Å². The number of benzene rings is 2. The van der Waals surface area contributed by atoms with Gasteiger partial charge in [0, 0.05) is 12.4 Å². The van der Waals surface area contributed by atoms with Gasteiger partial charge in [0.15, 0.2) is 5.69 Å². The van der Waals surface area contributed by atoms with Gasteiger partial charge in [0.2, 0.25) is 0 Å². The molecular weight excluding hydrogens is 404 g/mol. The molecule has 8 nitrogen and oxygen atoms in total. The molecule has 0 saturated heterocycles. The summed E-state index contributed by atoms with van der Waals surface area (Å²) in [6.45, 7) is 1.80. The number of hydrogen-bond acceptors (Lipinski definition) is 5. The van der Waals surface area contributed by atoms with Crippen molar-refractivity contribution >= 4 is 34.5 Å². The average Bonchev–Trinajstić information content (AvgIpc) is 3.05. The minimum Gasteiger partial charge on any atom is -0.267 e. The third-order valence-electron chi connectivity index (χ3n) is 4.58. The van der Waals surface area contributed by atoms with E-state index in [4.69, 9.17) is 11.6 Å². The van der Waals surface area contributed by atoms with Gasteiger partial charge in [0.1, 0.15) is 5.15 Å². The Hall–Kier alpha value is -3.78. The predicted octanol–water partition coefficient (Wildman–Crippen LogP) is 2.84. The lowest BCUT2D eigenvalue weighted by Crippen LogP contribution is -2.27. The molecule has 0 fully saturated rings. The highest BCUT2D eigenvalue weighted by molar-refractivity contribution is 6.32. The van der Waals surface area contributed by atoms with Crippen LogP contribution in [0.4, 0.5) is 0 Å². The summed E-state index contributed by atoms with van der Waals surface area (Å²) in [5.41, 5.74) is 4.33. The predicted molar refractivity (Wildman–Crippen MR) is 115 cm³/mol. The van der Waals surface area contributed by atoms with Gasteiger partial charge in [-0.3, -0.25) is 9.59 Å². The summed E-state index contributed by atoms with van der Waals surface area (Å²) >= 11 is 6.46. The van der Waals surface area contributed by atoms with Crippen LogP contribution < -0.4 is 11.0 Å². The third kappa shape index (κ3) is 3.48. The Morgan fingerprint density at radius 1 is 1.07 bits per heavy atom. The molecule has 2 heterocycles. The number of hydrazone groups is 1. The monoisotopic (exact) mass is 420 g/mol. The van der Waals surface area contributed by atoms with E-state index in [-0.39, 0.29) is 11.3 Å². The molecule has 0 aliphatic carbocycles. The Morgan fingerprint density at radius 3 is 2.47 bits per heavy atom. The molecule has 30 heavy (non-hydrogen) atoms. The average molecular weight is 421 g/mol. The molecule has 0 spiro atoms. The fraction of sp³-hybridized carbons (Fsp3) is 0.0952. The Labute approximate surface area is 176 Å². The second-order valence-corrected chi connectivity index (χ2v) is 6.92. The molecule has 9 heteroatoms. The molecule has 0 aliphatic heterocycles. The lowest BCUT2D eigenvalue weighted by atomic mass is 10.1. The number of amides is 1. The summed E-state index contributed by atoms with van der Waals surface area (Å²) in [6, 6.07) is 16.3. The molecule has 0 unspecified atom stereocenters. The van der Waals surface area contributed by atoms with Crippen molar-refractivity contribution in [3.63, 3.8) is 0 Å². The largest absolute Gasteiger partial charge is 0.292 e. The second-order valence-electron chi connectivity index (χ2n) is 6.56. The first-order chi connectivity index (χ1) is 14.5. The van der Waals surface area contributed by atoms with Gasteiger partial charge < -0.3 is 0 Å². The summed E-state index contributed by atoms with van der Waals surface area (Å²) in [5.74, 6) is -0.540. The molecule has 0 radical (unpaired) electrons. The van der Waals surface area contributed by atoms with Gasteiger partial charge in [-0.15, -0.1) is 0 Å². The molecule has 0 atom stereocenters. The van der Waals surface area contributed by atoms with Gasteiger partial charge >= 0.3 is 0 Å². The number of halogens is 1. The first-order valence-corrected chi connectivity index (χ1v) is 9.45. The third-order valence-corrected chi connectivity index (χ3v) is 4.94. The van der Waals surface area contributed by atoms with E-state index in [1.807, 2.05) is 30.3 Å². The molecule has 4 aromatic rings. The van der Waals surface area contributed by atoms with Crippen LogP contribution in [-0.4, -0.2) is 31.7 Å². The van der Waals surface area contributed by atoms with E-state index in [0.717, 1.165) is 10.4 Å². The van der Waals surface area contributed by atoms with E-state index in [2.05, 4.69) is 20.7 Å². The van der Waals surface area contributed by atoms with E-state index < -0.39 is 5.91 Å². The summed E-state index contributed by atoms with van der Waals surface area (Å²) in [7, 11) is 1.50. The zero-order valence-corrected chi connectivity index (χ0v) is 17.0. The van der Waals surface area contributed by atoms with Crippen molar-refractivity contribution in [3.8, 4) is 5.69 Å². The molecule has 0 saturated carbocycles. The molecule has 0 bridgehead atoms. The molecule has 2 aromatic heterocycles. The summed E-state index contributed by atoms with van der Waals surface area (Å²) in [4.78, 5) is 24.9. The maximum atomic E-state index is 12.7. The fourth-order valence-electron chi connectivity index (χ4n) is 3.07. The van der Waals surface area contributed by atoms with Crippen LogP contribution in [0.3, 0.4) is 0 Å². The van der Waals surface area contributed by atoms with Crippen molar-refractivity contribution in [3.05, 3.63) is 87.1 Å². The Balaban J connectivity index is 1.62. The number of hydrogen-bond donors (Lipinski definition) is 1.